The third-order valence-corrected chi connectivity index (χ3v) is 7.03. The Balaban J connectivity index is 1.69. The van der Waals surface area contributed by atoms with Gasteiger partial charge in [0, 0.05) is 25.7 Å². The lowest BCUT2D eigenvalue weighted by Gasteiger charge is -2.25. The SMILES string of the molecule is CCc1noc(C(C)Sc2ccc(S(=O)(=O)N3CCCCC3)cn2)n1. The highest BCUT2D eigenvalue weighted by molar-refractivity contribution is 7.99. The van der Waals surface area contributed by atoms with Crippen LogP contribution in [0.5, 0.6) is 0 Å². The van der Waals surface area contributed by atoms with Crippen LogP contribution in [0.4, 0.5) is 0 Å². The van der Waals surface area contributed by atoms with E-state index in [0.717, 1.165) is 30.7 Å². The molecule has 1 atom stereocenters. The third-order valence-electron chi connectivity index (χ3n) is 4.11. The van der Waals surface area contributed by atoms with Crippen molar-refractivity contribution in [2.75, 3.05) is 13.1 Å². The zero-order valence-electron chi connectivity index (χ0n) is 14.4. The molecule has 0 amide bonds. The van der Waals surface area contributed by atoms with E-state index in [2.05, 4.69) is 15.1 Å². The summed E-state index contributed by atoms with van der Waals surface area (Å²) in [5, 5.41) is 4.56. The van der Waals surface area contributed by atoms with Crippen LogP contribution in [0.2, 0.25) is 0 Å². The molecule has 136 valence electrons. The van der Waals surface area contributed by atoms with Crippen LogP contribution in [0.3, 0.4) is 0 Å². The fourth-order valence-electron chi connectivity index (χ4n) is 2.65. The van der Waals surface area contributed by atoms with Crippen LogP contribution in [0.1, 0.15) is 50.1 Å². The molecule has 0 N–H and O–H groups in total. The molecule has 2 aromatic heterocycles. The minimum Gasteiger partial charge on any atom is -0.338 e. The number of aromatic nitrogens is 3. The van der Waals surface area contributed by atoms with Crippen molar-refractivity contribution >= 4 is 21.8 Å². The molecule has 1 unspecified atom stereocenters. The van der Waals surface area contributed by atoms with Crippen LogP contribution < -0.4 is 0 Å². The van der Waals surface area contributed by atoms with Gasteiger partial charge in [-0.25, -0.2) is 13.4 Å². The van der Waals surface area contributed by atoms with Crippen molar-refractivity contribution in [3.05, 3.63) is 30.0 Å². The molecule has 9 heteroatoms. The van der Waals surface area contributed by atoms with Crippen molar-refractivity contribution in [1.29, 1.82) is 0 Å². The minimum atomic E-state index is -3.44. The third kappa shape index (κ3) is 4.21. The number of piperidine rings is 1. The van der Waals surface area contributed by atoms with Gasteiger partial charge in [0.1, 0.15) is 4.90 Å². The monoisotopic (exact) mass is 382 g/mol. The molecule has 0 saturated carbocycles. The largest absolute Gasteiger partial charge is 0.338 e. The first-order valence-electron chi connectivity index (χ1n) is 8.46. The van der Waals surface area contributed by atoms with E-state index in [1.165, 1.54) is 18.0 Å². The van der Waals surface area contributed by atoms with E-state index in [1.54, 1.807) is 16.4 Å². The molecule has 3 heterocycles. The zero-order chi connectivity index (χ0) is 17.9. The maximum atomic E-state index is 12.6. The Labute approximate surface area is 152 Å². The Bertz CT molecular complexity index is 799. The molecule has 0 aromatic carbocycles. The summed E-state index contributed by atoms with van der Waals surface area (Å²) in [6.07, 6.45) is 5.09. The van der Waals surface area contributed by atoms with Crippen molar-refractivity contribution in [1.82, 2.24) is 19.4 Å². The summed E-state index contributed by atoms with van der Waals surface area (Å²) < 4.78 is 32.0. The number of aryl methyl sites for hydroxylation is 1. The van der Waals surface area contributed by atoms with Crippen LogP contribution in [0, 0.1) is 0 Å². The maximum Gasteiger partial charge on any atom is 0.244 e. The highest BCUT2D eigenvalue weighted by Gasteiger charge is 2.26. The van der Waals surface area contributed by atoms with Crippen molar-refractivity contribution in [3.63, 3.8) is 0 Å². The molecular weight excluding hydrogens is 360 g/mol. The second-order valence-corrected chi connectivity index (χ2v) is 9.26. The van der Waals surface area contributed by atoms with Crippen molar-refractivity contribution < 1.29 is 12.9 Å². The molecule has 7 nitrogen and oxygen atoms in total. The standard InChI is InChI=1S/C16H22N4O3S2/c1-3-14-18-16(23-19-14)12(2)24-15-8-7-13(11-17-15)25(21,22)20-9-5-4-6-10-20/h7-8,11-12H,3-6,9-10H2,1-2H3. The normalized spacial score (nSPS) is 17.5. The quantitative estimate of drug-likeness (QED) is 0.709. The predicted octanol–water partition coefficient (Wildman–Crippen LogP) is 3.05. The van der Waals surface area contributed by atoms with E-state index in [4.69, 9.17) is 4.52 Å². The number of nitrogens with zero attached hydrogens (tertiary/aromatic N) is 4. The van der Waals surface area contributed by atoms with E-state index in [0.29, 0.717) is 24.8 Å². The molecule has 2 aromatic rings. The van der Waals surface area contributed by atoms with Gasteiger partial charge in [-0.1, -0.05) is 30.3 Å². The molecule has 1 saturated heterocycles. The summed E-state index contributed by atoms with van der Waals surface area (Å²) in [4.78, 5) is 8.86. The zero-order valence-corrected chi connectivity index (χ0v) is 16.0. The van der Waals surface area contributed by atoms with Gasteiger partial charge >= 0.3 is 0 Å². The fraction of sp³-hybridized carbons (Fsp3) is 0.562. The van der Waals surface area contributed by atoms with E-state index in [-0.39, 0.29) is 10.1 Å². The first-order chi connectivity index (χ1) is 12.0. The van der Waals surface area contributed by atoms with Crippen LogP contribution in [0.15, 0.2) is 32.8 Å². The lowest BCUT2D eigenvalue weighted by atomic mass is 10.2. The Hall–Kier alpha value is -1.45. The summed E-state index contributed by atoms with van der Waals surface area (Å²) in [6, 6.07) is 3.35. The maximum absolute atomic E-state index is 12.6. The van der Waals surface area contributed by atoms with E-state index < -0.39 is 10.0 Å². The second-order valence-electron chi connectivity index (χ2n) is 5.96. The van der Waals surface area contributed by atoms with Crippen LogP contribution in [-0.4, -0.2) is 40.9 Å². The van der Waals surface area contributed by atoms with Gasteiger partial charge in [-0.05, 0) is 31.9 Å². The van der Waals surface area contributed by atoms with Crippen molar-refractivity contribution in [3.8, 4) is 0 Å². The van der Waals surface area contributed by atoms with Crippen molar-refractivity contribution in [2.45, 2.75) is 54.7 Å². The molecule has 1 aliphatic heterocycles. The summed E-state index contributed by atoms with van der Waals surface area (Å²) in [6.45, 7) is 5.10. The molecule has 1 aliphatic rings. The number of pyridine rings is 1. The Morgan fingerprint density at radius 3 is 2.64 bits per heavy atom. The minimum absolute atomic E-state index is 0.0511. The molecule has 0 radical (unpaired) electrons. The molecule has 0 spiro atoms. The predicted molar refractivity (Wildman–Crippen MR) is 94.8 cm³/mol. The molecular formula is C16H22N4O3S2. The molecule has 3 rings (SSSR count). The summed E-state index contributed by atoms with van der Waals surface area (Å²) >= 11 is 1.46. The smallest absolute Gasteiger partial charge is 0.244 e. The van der Waals surface area contributed by atoms with Gasteiger partial charge in [0.05, 0.1) is 10.3 Å². The average Bonchev–Trinajstić information content (AvgIpc) is 3.12. The van der Waals surface area contributed by atoms with Crippen LogP contribution in [0.25, 0.3) is 0 Å². The van der Waals surface area contributed by atoms with E-state index in [1.807, 2.05) is 13.8 Å². The fourth-order valence-corrected chi connectivity index (χ4v) is 4.93. The van der Waals surface area contributed by atoms with Gasteiger partial charge in [0.2, 0.25) is 15.9 Å². The van der Waals surface area contributed by atoms with Gasteiger partial charge in [-0.3, -0.25) is 0 Å². The molecule has 1 fully saturated rings. The lowest BCUT2D eigenvalue weighted by Crippen LogP contribution is -2.35. The summed E-state index contributed by atoms with van der Waals surface area (Å²) in [5.74, 6) is 1.23. The van der Waals surface area contributed by atoms with Gasteiger partial charge < -0.3 is 4.52 Å². The Kier molecular flexibility index (Phi) is 5.75. The van der Waals surface area contributed by atoms with Gasteiger partial charge in [-0.15, -0.1) is 0 Å². The molecule has 25 heavy (non-hydrogen) atoms. The highest BCUT2D eigenvalue weighted by Crippen LogP contribution is 2.33. The topological polar surface area (TPSA) is 89.2 Å². The first kappa shape index (κ1) is 18.3. The number of hydrogen-bond acceptors (Lipinski definition) is 7. The average molecular weight is 383 g/mol. The highest BCUT2D eigenvalue weighted by atomic mass is 32.2. The first-order valence-corrected chi connectivity index (χ1v) is 10.8. The van der Waals surface area contributed by atoms with Gasteiger partial charge in [-0.2, -0.15) is 9.29 Å². The van der Waals surface area contributed by atoms with Crippen molar-refractivity contribution in [2.24, 2.45) is 0 Å². The number of hydrogen-bond donors (Lipinski definition) is 0. The molecule has 0 bridgehead atoms. The number of rotatable bonds is 6. The second kappa shape index (κ2) is 7.84. The van der Waals surface area contributed by atoms with E-state index >= 15 is 0 Å². The summed E-state index contributed by atoms with van der Waals surface area (Å²) in [5.41, 5.74) is 0. The molecule has 0 aliphatic carbocycles. The van der Waals surface area contributed by atoms with Crippen LogP contribution in [-0.2, 0) is 16.4 Å². The number of thioether (sulfide) groups is 1. The van der Waals surface area contributed by atoms with Gasteiger partial charge in [0.15, 0.2) is 5.82 Å². The number of sulfonamides is 1. The lowest BCUT2D eigenvalue weighted by molar-refractivity contribution is 0.346. The van der Waals surface area contributed by atoms with Crippen LogP contribution >= 0.6 is 11.8 Å². The Morgan fingerprint density at radius 2 is 2.04 bits per heavy atom. The van der Waals surface area contributed by atoms with Gasteiger partial charge in [0.25, 0.3) is 0 Å². The Morgan fingerprint density at radius 1 is 1.28 bits per heavy atom. The summed E-state index contributed by atoms with van der Waals surface area (Å²) in [7, 11) is -3.44. The van der Waals surface area contributed by atoms with E-state index in [9.17, 15) is 8.42 Å².